The molecule has 1 unspecified atom stereocenters. The molecule has 0 bridgehead atoms. The summed E-state index contributed by atoms with van der Waals surface area (Å²) in [6.45, 7) is 8.95. The quantitative estimate of drug-likeness (QED) is 0.684. The Hall–Kier alpha value is -0.870. The van der Waals surface area contributed by atoms with Gasteiger partial charge in [0.2, 0.25) is 0 Å². The highest BCUT2D eigenvalue weighted by molar-refractivity contribution is 5.12. The fourth-order valence-electron chi connectivity index (χ4n) is 1.99. The first-order valence-corrected chi connectivity index (χ1v) is 7.05. The zero-order valence-corrected chi connectivity index (χ0v) is 12.2. The Kier molecular flexibility index (Phi) is 6.98. The van der Waals surface area contributed by atoms with E-state index in [1.165, 1.54) is 11.4 Å². The molecular formula is C14H27N3O. The molecule has 1 N–H and O–H groups in total. The molecule has 1 atom stereocenters. The highest BCUT2D eigenvalue weighted by Gasteiger charge is 2.12. The summed E-state index contributed by atoms with van der Waals surface area (Å²) >= 11 is 0. The van der Waals surface area contributed by atoms with Crippen LogP contribution in [0.15, 0.2) is 6.07 Å². The molecule has 104 valence electrons. The molecule has 0 aromatic carbocycles. The summed E-state index contributed by atoms with van der Waals surface area (Å²) in [7, 11) is 1.99. The van der Waals surface area contributed by atoms with Gasteiger partial charge in [-0.05, 0) is 32.9 Å². The SMILES string of the molecule is CCCOCC(Cc1cc(CC)nn1CC)NC. The number of rotatable bonds is 9. The number of hydrogen-bond acceptors (Lipinski definition) is 3. The zero-order valence-electron chi connectivity index (χ0n) is 12.2. The number of aromatic nitrogens is 2. The van der Waals surface area contributed by atoms with Crippen molar-refractivity contribution in [2.24, 2.45) is 0 Å². The van der Waals surface area contributed by atoms with Gasteiger partial charge in [0.1, 0.15) is 0 Å². The maximum atomic E-state index is 5.62. The lowest BCUT2D eigenvalue weighted by Crippen LogP contribution is -2.33. The summed E-state index contributed by atoms with van der Waals surface area (Å²) in [6.07, 6.45) is 3.04. The molecule has 1 aromatic heterocycles. The predicted molar refractivity (Wildman–Crippen MR) is 74.9 cm³/mol. The summed E-state index contributed by atoms with van der Waals surface area (Å²) < 4.78 is 7.72. The van der Waals surface area contributed by atoms with Crippen molar-refractivity contribution in [3.8, 4) is 0 Å². The first kappa shape index (κ1) is 15.2. The van der Waals surface area contributed by atoms with Gasteiger partial charge in [0, 0.05) is 31.3 Å². The van der Waals surface area contributed by atoms with Crippen LogP contribution < -0.4 is 5.32 Å². The fourth-order valence-corrected chi connectivity index (χ4v) is 1.99. The second-order valence-electron chi connectivity index (χ2n) is 4.56. The Morgan fingerprint density at radius 3 is 2.72 bits per heavy atom. The Morgan fingerprint density at radius 2 is 2.17 bits per heavy atom. The van der Waals surface area contributed by atoms with Crippen molar-refractivity contribution in [1.82, 2.24) is 15.1 Å². The van der Waals surface area contributed by atoms with Crippen LogP contribution in [-0.2, 0) is 24.1 Å². The third kappa shape index (κ3) is 4.42. The van der Waals surface area contributed by atoms with Crippen LogP contribution in [0.4, 0.5) is 0 Å². The van der Waals surface area contributed by atoms with E-state index in [-0.39, 0.29) is 0 Å². The van der Waals surface area contributed by atoms with E-state index in [4.69, 9.17) is 4.74 Å². The molecule has 0 radical (unpaired) electrons. The lowest BCUT2D eigenvalue weighted by atomic mass is 10.1. The number of nitrogens with zero attached hydrogens (tertiary/aromatic N) is 2. The smallest absolute Gasteiger partial charge is 0.0624 e. The van der Waals surface area contributed by atoms with E-state index >= 15 is 0 Å². The molecule has 0 saturated heterocycles. The molecule has 0 aliphatic heterocycles. The minimum Gasteiger partial charge on any atom is -0.380 e. The normalized spacial score (nSPS) is 12.9. The van der Waals surface area contributed by atoms with Crippen LogP contribution in [0, 0.1) is 0 Å². The summed E-state index contributed by atoms with van der Waals surface area (Å²) in [5.41, 5.74) is 2.48. The van der Waals surface area contributed by atoms with Gasteiger partial charge in [-0.25, -0.2) is 0 Å². The Bertz CT molecular complexity index is 336. The summed E-state index contributed by atoms with van der Waals surface area (Å²) in [4.78, 5) is 0. The van der Waals surface area contributed by atoms with Gasteiger partial charge in [-0.3, -0.25) is 4.68 Å². The molecule has 0 saturated carbocycles. The van der Waals surface area contributed by atoms with Crippen LogP contribution in [0.25, 0.3) is 0 Å². The Balaban J connectivity index is 2.59. The van der Waals surface area contributed by atoms with Gasteiger partial charge in [-0.15, -0.1) is 0 Å². The molecule has 0 aliphatic carbocycles. The van der Waals surface area contributed by atoms with E-state index in [2.05, 4.69) is 41.9 Å². The molecule has 0 aliphatic rings. The molecular weight excluding hydrogens is 226 g/mol. The minimum atomic E-state index is 0.364. The first-order chi connectivity index (χ1) is 8.74. The molecule has 1 aromatic rings. The maximum Gasteiger partial charge on any atom is 0.0624 e. The summed E-state index contributed by atoms with van der Waals surface area (Å²) in [6, 6.07) is 2.58. The largest absolute Gasteiger partial charge is 0.380 e. The van der Waals surface area contributed by atoms with E-state index in [9.17, 15) is 0 Å². The van der Waals surface area contributed by atoms with E-state index in [0.29, 0.717) is 6.04 Å². The van der Waals surface area contributed by atoms with Crippen molar-refractivity contribution in [3.05, 3.63) is 17.5 Å². The van der Waals surface area contributed by atoms with Crippen LogP contribution >= 0.6 is 0 Å². The maximum absolute atomic E-state index is 5.62. The second kappa shape index (κ2) is 8.27. The molecule has 0 spiro atoms. The van der Waals surface area contributed by atoms with Crippen LogP contribution in [0.2, 0.25) is 0 Å². The average molecular weight is 253 g/mol. The van der Waals surface area contributed by atoms with E-state index in [1.54, 1.807) is 0 Å². The number of ether oxygens (including phenoxy) is 1. The lowest BCUT2D eigenvalue weighted by Gasteiger charge is -2.16. The van der Waals surface area contributed by atoms with E-state index in [0.717, 1.165) is 39.0 Å². The number of likely N-dealkylation sites (N-methyl/N-ethyl adjacent to an activating group) is 1. The van der Waals surface area contributed by atoms with Gasteiger partial charge in [0.25, 0.3) is 0 Å². The van der Waals surface area contributed by atoms with E-state index in [1.807, 2.05) is 7.05 Å². The number of hydrogen-bond donors (Lipinski definition) is 1. The van der Waals surface area contributed by atoms with Crippen molar-refractivity contribution in [2.75, 3.05) is 20.3 Å². The van der Waals surface area contributed by atoms with Crippen molar-refractivity contribution in [1.29, 1.82) is 0 Å². The Morgan fingerprint density at radius 1 is 1.39 bits per heavy atom. The van der Waals surface area contributed by atoms with Crippen molar-refractivity contribution in [2.45, 2.75) is 52.6 Å². The molecule has 4 heteroatoms. The molecule has 1 rings (SSSR count). The lowest BCUT2D eigenvalue weighted by molar-refractivity contribution is 0.113. The third-order valence-corrected chi connectivity index (χ3v) is 3.11. The minimum absolute atomic E-state index is 0.364. The van der Waals surface area contributed by atoms with Gasteiger partial charge in [0.05, 0.1) is 12.3 Å². The third-order valence-electron chi connectivity index (χ3n) is 3.11. The van der Waals surface area contributed by atoms with Gasteiger partial charge in [-0.1, -0.05) is 13.8 Å². The monoisotopic (exact) mass is 253 g/mol. The Labute approximate surface area is 111 Å². The molecule has 18 heavy (non-hydrogen) atoms. The standard InChI is InChI=1S/C14H27N3O/c1-5-8-18-11-13(15-4)10-14-9-12(6-2)16-17(14)7-3/h9,13,15H,5-8,10-11H2,1-4H3. The number of aryl methyl sites for hydroxylation is 2. The van der Waals surface area contributed by atoms with Gasteiger partial charge < -0.3 is 10.1 Å². The van der Waals surface area contributed by atoms with Gasteiger partial charge >= 0.3 is 0 Å². The molecule has 4 nitrogen and oxygen atoms in total. The fraction of sp³-hybridized carbons (Fsp3) is 0.786. The van der Waals surface area contributed by atoms with Crippen molar-refractivity contribution < 1.29 is 4.74 Å². The van der Waals surface area contributed by atoms with Crippen LogP contribution in [-0.4, -0.2) is 36.1 Å². The highest BCUT2D eigenvalue weighted by atomic mass is 16.5. The predicted octanol–water partition coefficient (Wildman–Crippen LogP) is 2.02. The van der Waals surface area contributed by atoms with Crippen molar-refractivity contribution in [3.63, 3.8) is 0 Å². The van der Waals surface area contributed by atoms with Crippen LogP contribution in [0.3, 0.4) is 0 Å². The highest BCUT2D eigenvalue weighted by Crippen LogP contribution is 2.09. The molecule has 0 fully saturated rings. The average Bonchev–Trinajstić information content (AvgIpc) is 2.80. The summed E-state index contributed by atoms with van der Waals surface area (Å²) in [5, 5.41) is 7.90. The second-order valence-corrected chi connectivity index (χ2v) is 4.56. The summed E-state index contributed by atoms with van der Waals surface area (Å²) in [5.74, 6) is 0. The number of nitrogens with one attached hydrogen (secondary N) is 1. The van der Waals surface area contributed by atoms with Crippen LogP contribution in [0.5, 0.6) is 0 Å². The van der Waals surface area contributed by atoms with Gasteiger partial charge in [0.15, 0.2) is 0 Å². The van der Waals surface area contributed by atoms with E-state index < -0.39 is 0 Å². The molecule has 0 amide bonds. The van der Waals surface area contributed by atoms with Crippen LogP contribution in [0.1, 0.15) is 38.6 Å². The zero-order chi connectivity index (χ0) is 13.4. The topological polar surface area (TPSA) is 39.1 Å². The first-order valence-electron chi connectivity index (χ1n) is 7.05. The molecule has 1 heterocycles. The van der Waals surface area contributed by atoms with Gasteiger partial charge in [-0.2, -0.15) is 5.10 Å². The van der Waals surface area contributed by atoms with Crippen molar-refractivity contribution >= 4 is 0 Å².